The van der Waals surface area contributed by atoms with E-state index in [0.29, 0.717) is 11.3 Å². The molecule has 0 spiro atoms. The van der Waals surface area contributed by atoms with Gasteiger partial charge in [-0.1, -0.05) is 36.8 Å². The number of nitrogens with zero attached hydrogens (tertiary/aromatic N) is 4. The minimum atomic E-state index is -0.439. The van der Waals surface area contributed by atoms with E-state index < -0.39 is 6.29 Å². The molecule has 1 fully saturated rings. The van der Waals surface area contributed by atoms with Crippen LogP contribution in [0.5, 0.6) is 11.5 Å². The number of morpholine rings is 1. The van der Waals surface area contributed by atoms with Crippen molar-refractivity contribution in [2.75, 3.05) is 44.8 Å². The van der Waals surface area contributed by atoms with Crippen LogP contribution in [0.15, 0.2) is 53.7 Å². The molecule has 1 aliphatic heterocycles. The summed E-state index contributed by atoms with van der Waals surface area (Å²) in [4.78, 5) is 11.0. The van der Waals surface area contributed by atoms with Crippen molar-refractivity contribution in [1.82, 2.24) is 9.88 Å². The van der Waals surface area contributed by atoms with Crippen molar-refractivity contribution in [2.24, 2.45) is 10.9 Å². The lowest BCUT2D eigenvalue weighted by Crippen LogP contribution is -2.35. The van der Waals surface area contributed by atoms with E-state index in [9.17, 15) is 0 Å². The van der Waals surface area contributed by atoms with E-state index in [1.807, 2.05) is 12.1 Å². The fourth-order valence-electron chi connectivity index (χ4n) is 4.50. The van der Waals surface area contributed by atoms with E-state index >= 15 is 0 Å². The van der Waals surface area contributed by atoms with Crippen molar-refractivity contribution in [3.63, 3.8) is 0 Å². The van der Waals surface area contributed by atoms with E-state index in [4.69, 9.17) is 30.1 Å². The average Bonchev–Trinajstić information content (AvgIpc) is 3.40. The maximum absolute atomic E-state index is 8.89. The zero-order valence-corrected chi connectivity index (χ0v) is 24.5. The Morgan fingerprint density at radius 3 is 2.33 bits per heavy atom. The second-order valence-corrected chi connectivity index (χ2v) is 11.0. The van der Waals surface area contributed by atoms with Crippen LogP contribution in [-0.2, 0) is 11.3 Å². The standard InChI is InChI=1S/C30H41N5O4S/c1-4-6-7-27(39-25-14-10-23(11-15-25)29(31)33-36)38-24-12-8-22(9-13-24)28-26(21-35-17-19-37-20-18-35)40-30(32-28)34(3)16-5-2/h8-15,27,36H,4-7,16-21H2,1-3H3,(H2,31,33). The van der Waals surface area contributed by atoms with Gasteiger partial charge in [-0.25, -0.2) is 4.98 Å². The monoisotopic (exact) mass is 567 g/mol. The molecule has 40 heavy (non-hydrogen) atoms. The van der Waals surface area contributed by atoms with Crippen LogP contribution in [0.4, 0.5) is 5.13 Å². The largest absolute Gasteiger partial charge is 0.455 e. The second-order valence-electron chi connectivity index (χ2n) is 9.92. The number of aromatic nitrogens is 1. The SMILES string of the molecule is CCCCC(Oc1ccc(C(N)=NO)cc1)Oc1ccc(-c2nc(N(C)CCC)sc2CN2CCOCC2)cc1. The molecule has 1 atom stereocenters. The zero-order chi connectivity index (χ0) is 28.3. The maximum Gasteiger partial charge on any atom is 0.241 e. The van der Waals surface area contributed by atoms with Crippen LogP contribution in [0.25, 0.3) is 11.3 Å². The number of thiazole rings is 1. The third kappa shape index (κ3) is 8.09. The highest BCUT2D eigenvalue weighted by molar-refractivity contribution is 7.16. The third-order valence-electron chi connectivity index (χ3n) is 6.76. The molecule has 0 radical (unpaired) electrons. The smallest absolute Gasteiger partial charge is 0.241 e. The molecule has 2 heterocycles. The Morgan fingerprint density at radius 1 is 1.07 bits per heavy atom. The van der Waals surface area contributed by atoms with Crippen LogP contribution in [0, 0.1) is 0 Å². The highest BCUT2D eigenvalue weighted by atomic mass is 32.1. The van der Waals surface area contributed by atoms with Gasteiger partial charge >= 0.3 is 0 Å². The summed E-state index contributed by atoms with van der Waals surface area (Å²) in [6.45, 7) is 9.61. The predicted molar refractivity (Wildman–Crippen MR) is 161 cm³/mol. The first-order valence-corrected chi connectivity index (χ1v) is 14.8. The molecule has 2 aromatic carbocycles. The van der Waals surface area contributed by atoms with Gasteiger partial charge < -0.3 is 30.1 Å². The molecule has 10 heteroatoms. The third-order valence-corrected chi connectivity index (χ3v) is 7.91. The molecule has 1 unspecified atom stereocenters. The highest BCUT2D eigenvalue weighted by Crippen LogP contribution is 2.35. The summed E-state index contributed by atoms with van der Waals surface area (Å²) in [5.74, 6) is 1.46. The second kappa shape index (κ2) is 14.9. The summed E-state index contributed by atoms with van der Waals surface area (Å²) >= 11 is 1.78. The minimum absolute atomic E-state index is 0.0581. The van der Waals surface area contributed by atoms with Gasteiger partial charge in [0.25, 0.3) is 0 Å². The fraction of sp³-hybridized carbons (Fsp3) is 0.467. The summed E-state index contributed by atoms with van der Waals surface area (Å²) in [7, 11) is 2.11. The summed E-state index contributed by atoms with van der Waals surface area (Å²) in [6.07, 6.45) is 3.40. The van der Waals surface area contributed by atoms with E-state index in [1.54, 1.807) is 35.6 Å². The van der Waals surface area contributed by atoms with Crippen LogP contribution in [0.3, 0.4) is 0 Å². The first-order chi connectivity index (χ1) is 19.5. The van der Waals surface area contributed by atoms with E-state index in [-0.39, 0.29) is 5.84 Å². The van der Waals surface area contributed by atoms with Crippen molar-refractivity contribution >= 4 is 22.3 Å². The van der Waals surface area contributed by atoms with Gasteiger partial charge in [-0.2, -0.15) is 0 Å². The fourth-order valence-corrected chi connectivity index (χ4v) is 5.61. The number of hydrogen-bond donors (Lipinski definition) is 2. The highest BCUT2D eigenvalue weighted by Gasteiger charge is 2.20. The van der Waals surface area contributed by atoms with Gasteiger partial charge in [-0.05, 0) is 61.4 Å². The number of rotatable bonds is 14. The number of benzene rings is 2. The van der Waals surface area contributed by atoms with Crippen LogP contribution >= 0.6 is 11.3 Å². The quantitative estimate of drug-likeness (QED) is 0.0858. The van der Waals surface area contributed by atoms with Crippen LogP contribution in [-0.4, -0.2) is 67.1 Å². The first kappa shape index (κ1) is 29.6. The van der Waals surface area contributed by atoms with Crippen molar-refractivity contribution in [3.8, 4) is 22.8 Å². The van der Waals surface area contributed by atoms with Crippen molar-refractivity contribution < 1.29 is 19.4 Å². The molecular weight excluding hydrogens is 526 g/mol. The Labute approximate surface area is 241 Å². The lowest BCUT2D eigenvalue weighted by molar-refractivity contribution is -0.00211. The van der Waals surface area contributed by atoms with Gasteiger partial charge in [0, 0.05) is 55.7 Å². The molecule has 0 aliphatic carbocycles. The van der Waals surface area contributed by atoms with Gasteiger partial charge in [-0.15, -0.1) is 0 Å². The lowest BCUT2D eigenvalue weighted by atomic mass is 10.1. The number of unbranched alkanes of at least 4 members (excludes halogenated alkanes) is 1. The van der Waals surface area contributed by atoms with E-state index in [2.05, 4.69) is 48.0 Å². The Bertz CT molecular complexity index is 1210. The molecule has 1 aromatic heterocycles. The van der Waals surface area contributed by atoms with Crippen LogP contribution in [0.1, 0.15) is 50.0 Å². The van der Waals surface area contributed by atoms with E-state index in [1.165, 1.54) is 4.88 Å². The molecule has 9 nitrogen and oxygen atoms in total. The number of nitrogens with two attached hydrogens (primary N) is 1. The number of ether oxygens (including phenoxy) is 3. The summed E-state index contributed by atoms with van der Waals surface area (Å²) in [6, 6.07) is 15.3. The number of oxime groups is 1. The molecule has 216 valence electrons. The van der Waals surface area contributed by atoms with Crippen molar-refractivity contribution in [2.45, 2.75) is 52.4 Å². The van der Waals surface area contributed by atoms with Crippen molar-refractivity contribution in [3.05, 3.63) is 59.0 Å². The molecule has 0 saturated carbocycles. The summed E-state index contributed by atoms with van der Waals surface area (Å²) in [5, 5.41) is 13.0. The average molecular weight is 568 g/mol. The van der Waals surface area contributed by atoms with Gasteiger partial charge in [0.05, 0.1) is 18.9 Å². The molecule has 1 saturated heterocycles. The first-order valence-electron chi connectivity index (χ1n) is 14.0. The van der Waals surface area contributed by atoms with Gasteiger partial charge in [0.2, 0.25) is 6.29 Å². The lowest BCUT2D eigenvalue weighted by Gasteiger charge is -2.26. The predicted octanol–water partition coefficient (Wildman–Crippen LogP) is 5.56. The van der Waals surface area contributed by atoms with E-state index in [0.717, 1.165) is 87.2 Å². The number of amidine groups is 1. The number of anilines is 1. The molecule has 1 aliphatic rings. The summed E-state index contributed by atoms with van der Waals surface area (Å²) in [5.41, 5.74) is 8.40. The van der Waals surface area contributed by atoms with Crippen LogP contribution in [0.2, 0.25) is 0 Å². The van der Waals surface area contributed by atoms with Crippen LogP contribution < -0.4 is 20.1 Å². The Balaban J connectivity index is 1.49. The normalized spacial score (nSPS) is 15.1. The van der Waals surface area contributed by atoms with Crippen molar-refractivity contribution in [1.29, 1.82) is 0 Å². The zero-order valence-electron chi connectivity index (χ0n) is 23.7. The molecule has 0 bridgehead atoms. The molecule has 0 amide bonds. The minimum Gasteiger partial charge on any atom is -0.455 e. The Kier molecular flexibility index (Phi) is 11.0. The summed E-state index contributed by atoms with van der Waals surface area (Å²) < 4.78 is 18.0. The molecule has 4 rings (SSSR count). The van der Waals surface area contributed by atoms with Gasteiger partial charge in [0.1, 0.15) is 11.5 Å². The molecular formula is C30H41N5O4S. The molecule has 3 N–H and O–H groups in total. The topological polar surface area (TPSA) is 106 Å². The Morgan fingerprint density at radius 2 is 1.73 bits per heavy atom. The molecule has 3 aromatic rings. The Hall–Kier alpha value is -3.34. The van der Waals surface area contributed by atoms with Gasteiger partial charge in [-0.3, -0.25) is 4.90 Å². The number of hydrogen-bond acceptors (Lipinski definition) is 9. The van der Waals surface area contributed by atoms with Gasteiger partial charge in [0.15, 0.2) is 11.0 Å². The maximum atomic E-state index is 8.89.